The van der Waals surface area contributed by atoms with Crippen molar-refractivity contribution in [3.05, 3.63) is 57.6 Å². The highest BCUT2D eigenvalue weighted by molar-refractivity contribution is 5.83. The number of carboxylic acid groups (broad SMARTS) is 1. The molecule has 4 rings (SSSR count). The first-order valence-corrected chi connectivity index (χ1v) is 11.6. The minimum atomic E-state index is -0.805. The molecule has 1 amide bonds. The molecule has 1 heterocycles. The third kappa shape index (κ3) is 4.26. The van der Waals surface area contributed by atoms with Crippen LogP contribution in [-0.4, -0.2) is 28.4 Å². The lowest BCUT2D eigenvalue weighted by Crippen LogP contribution is -2.41. The Morgan fingerprint density at radius 1 is 0.968 bits per heavy atom. The Morgan fingerprint density at radius 3 is 2.29 bits per heavy atom. The quantitative estimate of drug-likeness (QED) is 0.725. The third-order valence-corrected chi connectivity index (χ3v) is 7.31. The van der Waals surface area contributed by atoms with Crippen LogP contribution in [0, 0.1) is 26.7 Å². The van der Waals surface area contributed by atoms with Gasteiger partial charge in [0.1, 0.15) is 0 Å². The second kappa shape index (κ2) is 8.86. The molecule has 1 saturated carbocycles. The smallest absolute Gasteiger partial charge is 0.307 e. The van der Waals surface area contributed by atoms with Gasteiger partial charge in [-0.15, -0.1) is 0 Å². The van der Waals surface area contributed by atoms with Crippen LogP contribution in [0.2, 0.25) is 0 Å². The van der Waals surface area contributed by atoms with Crippen molar-refractivity contribution in [3.63, 3.8) is 0 Å². The van der Waals surface area contributed by atoms with Crippen LogP contribution >= 0.6 is 0 Å². The Morgan fingerprint density at radius 2 is 1.65 bits per heavy atom. The van der Waals surface area contributed by atoms with Gasteiger partial charge >= 0.3 is 5.97 Å². The number of aryl methyl sites for hydroxylation is 1. The molecule has 164 valence electrons. The van der Waals surface area contributed by atoms with Crippen LogP contribution in [0.4, 0.5) is 0 Å². The summed E-state index contributed by atoms with van der Waals surface area (Å²) in [7, 11) is 0. The molecule has 2 aromatic rings. The number of carbonyl (C=O) groups is 2. The minimum absolute atomic E-state index is 0.0217. The van der Waals surface area contributed by atoms with Crippen molar-refractivity contribution in [2.75, 3.05) is 6.54 Å². The summed E-state index contributed by atoms with van der Waals surface area (Å²) in [4.78, 5) is 27.0. The number of hydrogen-bond acceptors (Lipinski definition) is 2. The molecule has 2 aromatic carbocycles. The highest BCUT2D eigenvalue weighted by atomic mass is 16.4. The Kier molecular flexibility index (Phi) is 6.17. The van der Waals surface area contributed by atoms with Crippen LogP contribution in [0.25, 0.3) is 11.1 Å². The predicted octanol–water partition coefficient (Wildman–Crippen LogP) is 5.37. The van der Waals surface area contributed by atoms with Gasteiger partial charge in [-0.05, 0) is 79.0 Å². The topological polar surface area (TPSA) is 57.6 Å². The highest BCUT2D eigenvalue weighted by Crippen LogP contribution is 2.39. The lowest BCUT2D eigenvalue weighted by Gasteiger charge is -2.36. The van der Waals surface area contributed by atoms with Crippen LogP contribution in [-0.2, 0) is 29.0 Å². The molecule has 1 aliphatic carbocycles. The van der Waals surface area contributed by atoms with Crippen LogP contribution in [0.15, 0.2) is 24.3 Å². The van der Waals surface area contributed by atoms with Gasteiger partial charge in [0.2, 0.25) is 5.91 Å². The molecule has 0 atom stereocenters. The average molecular weight is 420 g/mol. The molecule has 0 unspecified atom stereocenters. The maximum absolute atomic E-state index is 13.2. The molecular weight excluding hydrogens is 386 g/mol. The number of nitrogens with zero attached hydrogens (tertiary/aromatic N) is 1. The monoisotopic (exact) mass is 419 g/mol. The summed E-state index contributed by atoms with van der Waals surface area (Å²) < 4.78 is 0. The van der Waals surface area contributed by atoms with Crippen molar-refractivity contribution in [3.8, 4) is 11.1 Å². The molecule has 2 aliphatic rings. The lowest BCUT2D eigenvalue weighted by atomic mass is 9.80. The number of amides is 1. The first-order valence-electron chi connectivity index (χ1n) is 11.6. The van der Waals surface area contributed by atoms with Gasteiger partial charge in [-0.25, -0.2) is 0 Å². The predicted molar refractivity (Wildman–Crippen MR) is 123 cm³/mol. The lowest BCUT2D eigenvalue weighted by molar-refractivity contribution is -0.137. The fourth-order valence-corrected chi connectivity index (χ4v) is 5.55. The van der Waals surface area contributed by atoms with E-state index in [1.165, 1.54) is 23.1 Å². The maximum Gasteiger partial charge on any atom is 0.307 e. The standard InChI is InChI=1S/C27H33NO3/c1-17-9-11-20(12-10-17)26-19(3)24-16-28(27(31)21-7-5-4-6-8-21)14-13-22(24)18(2)23(26)15-25(29)30/h9-12,21H,4-8,13-16H2,1-3H3,(H,29,30). The van der Waals surface area contributed by atoms with Crippen molar-refractivity contribution in [1.29, 1.82) is 0 Å². The number of benzene rings is 2. The second-order valence-corrected chi connectivity index (χ2v) is 9.34. The summed E-state index contributed by atoms with van der Waals surface area (Å²) in [6, 6.07) is 8.32. The Hall–Kier alpha value is -2.62. The SMILES string of the molecule is Cc1ccc(-c2c(C)c3c(c(C)c2CC(=O)O)CCN(C(=O)C2CCCCC2)C3)cc1. The first kappa shape index (κ1) is 21.6. The van der Waals surface area contributed by atoms with E-state index in [4.69, 9.17) is 0 Å². The molecule has 1 aliphatic heterocycles. The zero-order valence-corrected chi connectivity index (χ0v) is 19.0. The van der Waals surface area contributed by atoms with Crippen molar-refractivity contribution in [2.45, 2.75) is 72.3 Å². The molecule has 0 spiro atoms. The first-order chi connectivity index (χ1) is 14.9. The number of carbonyl (C=O) groups excluding carboxylic acids is 1. The zero-order chi connectivity index (χ0) is 22.1. The molecule has 0 aromatic heterocycles. The Bertz CT molecular complexity index is 1000. The van der Waals surface area contributed by atoms with E-state index in [2.05, 4.69) is 49.9 Å². The van der Waals surface area contributed by atoms with E-state index in [1.807, 2.05) is 0 Å². The molecule has 31 heavy (non-hydrogen) atoms. The van der Waals surface area contributed by atoms with Crippen LogP contribution in [0.3, 0.4) is 0 Å². The third-order valence-electron chi connectivity index (χ3n) is 7.31. The summed E-state index contributed by atoms with van der Waals surface area (Å²) in [5, 5.41) is 9.61. The number of fused-ring (bicyclic) bond motifs is 1. The molecule has 4 heteroatoms. The van der Waals surface area contributed by atoms with Gasteiger partial charge in [0.25, 0.3) is 0 Å². The van der Waals surface area contributed by atoms with Gasteiger partial charge in [0.05, 0.1) is 6.42 Å². The molecule has 4 nitrogen and oxygen atoms in total. The fraction of sp³-hybridized carbons (Fsp3) is 0.481. The normalized spacial score (nSPS) is 16.8. The van der Waals surface area contributed by atoms with E-state index in [-0.39, 0.29) is 12.3 Å². The van der Waals surface area contributed by atoms with Crippen molar-refractivity contribution >= 4 is 11.9 Å². The maximum atomic E-state index is 13.2. The second-order valence-electron chi connectivity index (χ2n) is 9.34. The molecule has 0 radical (unpaired) electrons. The summed E-state index contributed by atoms with van der Waals surface area (Å²) >= 11 is 0. The van der Waals surface area contributed by atoms with E-state index in [1.54, 1.807) is 0 Å². The Balaban J connectivity index is 1.76. The summed E-state index contributed by atoms with van der Waals surface area (Å²) in [6.07, 6.45) is 6.44. The highest BCUT2D eigenvalue weighted by Gasteiger charge is 2.31. The van der Waals surface area contributed by atoms with Crippen molar-refractivity contribution < 1.29 is 14.7 Å². The number of carboxylic acids is 1. The minimum Gasteiger partial charge on any atom is -0.481 e. The molecular formula is C27H33NO3. The zero-order valence-electron chi connectivity index (χ0n) is 19.0. The number of aliphatic carboxylic acids is 1. The van der Waals surface area contributed by atoms with Gasteiger partial charge in [-0.2, -0.15) is 0 Å². The van der Waals surface area contributed by atoms with E-state index >= 15 is 0 Å². The van der Waals surface area contributed by atoms with Gasteiger partial charge < -0.3 is 10.0 Å². The molecule has 1 fully saturated rings. The average Bonchev–Trinajstić information content (AvgIpc) is 2.78. The van der Waals surface area contributed by atoms with Gasteiger partial charge in [-0.3, -0.25) is 9.59 Å². The van der Waals surface area contributed by atoms with Gasteiger partial charge in [0.15, 0.2) is 0 Å². The van der Waals surface area contributed by atoms with E-state index in [0.29, 0.717) is 12.5 Å². The van der Waals surface area contributed by atoms with Gasteiger partial charge in [0, 0.05) is 19.0 Å². The summed E-state index contributed by atoms with van der Waals surface area (Å²) in [5.41, 5.74) is 8.87. The van der Waals surface area contributed by atoms with Crippen molar-refractivity contribution in [2.24, 2.45) is 5.92 Å². The molecule has 0 bridgehead atoms. The Labute approximate surface area is 185 Å². The van der Waals surface area contributed by atoms with Gasteiger partial charge in [-0.1, -0.05) is 49.1 Å². The fourth-order valence-electron chi connectivity index (χ4n) is 5.55. The molecule has 0 saturated heterocycles. The van der Waals surface area contributed by atoms with E-state index in [0.717, 1.165) is 66.5 Å². The largest absolute Gasteiger partial charge is 0.481 e. The van der Waals surface area contributed by atoms with Crippen LogP contribution in [0.1, 0.15) is 65.5 Å². The van der Waals surface area contributed by atoms with E-state index < -0.39 is 5.97 Å². The van der Waals surface area contributed by atoms with Crippen LogP contribution < -0.4 is 0 Å². The van der Waals surface area contributed by atoms with E-state index in [9.17, 15) is 14.7 Å². The molecule has 1 N–H and O–H groups in total. The van der Waals surface area contributed by atoms with Crippen LogP contribution in [0.5, 0.6) is 0 Å². The number of hydrogen-bond donors (Lipinski definition) is 1. The number of rotatable bonds is 4. The summed E-state index contributed by atoms with van der Waals surface area (Å²) in [6.45, 7) is 7.60. The summed E-state index contributed by atoms with van der Waals surface area (Å²) in [5.74, 6) is -0.311. The van der Waals surface area contributed by atoms with Crippen molar-refractivity contribution in [1.82, 2.24) is 4.90 Å².